The van der Waals surface area contributed by atoms with Crippen LogP contribution in [-0.4, -0.2) is 10.9 Å². The summed E-state index contributed by atoms with van der Waals surface area (Å²) < 4.78 is 0. The molecule has 0 radical (unpaired) electrons. The predicted molar refractivity (Wildman–Crippen MR) is 98.1 cm³/mol. The van der Waals surface area contributed by atoms with Gasteiger partial charge >= 0.3 is 0 Å². The van der Waals surface area contributed by atoms with Gasteiger partial charge in [0, 0.05) is 22.4 Å². The van der Waals surface area contributed by atoms with Gasteiger partial charge in [0.2, 0.25) is 0 Å². The number of nitrogens with zero attached hydrogens (tertiary/aromatic N) is 1. The van der Waals surface area contributed by atoms with Crippen molar-refractivity contribution in [2.24, 2.45) is 11.3 Å². The first-order chi connectivity index (χ1) is 11.6. The van der Waals surface area contributed by atoms with E-state index in [0.717, 1.165) is 43.5 Å². The molecule has 0 saturated heterocycles. The zero-order valence-corrected chi connectivity index (χ0v) is 14.6. The summed E-state index contributed by atoms with van der Waals surface area (Å²) >= 11 is 5.43. The van der Waals surface area contributed by atoms with E-state index in [9.17, 15) is 10.1 Å². The lowest BCUT2D eigenvalue weighted by atomic mass is 9.60. The molecule has 4 nitrogen and oxygen atoms in total. The predicted octanol–water partition coefficient (Wildman–Crippen LogP) is 3.92. The zero-order valence-electron chi connectivity index (χ0n) is 13.8. The van der Waals surface area contributed by atoms with Crippen molar-refractivity contribution in [1.82, 2.24) is 5.32 Å². The normalized spacial score (nSPS) is 22.7. The first kappa shape index (κ1) is 16.7. The molecule has 3 rings (SSSR count). The molecule has 1 aromatic rings. The molecule has 1 aliphatic carbocycles. The van der Waals surface area contributed by atoms with Crippen LogP contribution in [0.4, 0.5) is 5.69 Å². The molecule has 1 fully saturated rings. The Morgan fingerprint density at radius 3 is 2.58 bits per heavy atom. The van der Waals surface area contributed by atoms with Crippen molar-refractivity contribution in [1.29, 1.82) is 5.26 Å². The van der Waals surface area contributed by atoms with Gasteiger partial charge in [-0.05, 0) is 31.9 Å². The van der Waals surface area contributed by atoms with Crippen LogP contribution in [0.15, 0.2) is 41.6 Å². The molecule has 1 saturated carbocycles. The smallest absolute Gasteiger partial charge is 0.253 e. The number of carbonyl (C=O) groups excluding carboxylic acids is 1. The maximum atomic E-state index is 13.1. The summed E-state index contributed by atoms with van der Waals surface area (Å²) in [7, 11) is 0. The Kier molecular flexibility index (Phi) is 4.68. The lowest BCUT2D eigenvalue weighted by Crippen LogP contribution is -2.50. The molecule has 2 aliphatic rings. The minimum Gasteiger partial charge on any atom is -0.352 e. The van der Waals surface area contributed by atoms with E-state index >= 15 is 0 Å². The average molecular weight is 339 g/mol. The summed E-state index contributed by atoms with van der Waals surface area (Å²) in [6.07, 6.45) is 4.86. The van der Waals surface area contributed by atoms with Crippen LogP contribution in [0.25, 0.3) is 0 Å². The van der Waals surface area contributed by atoms with Gasteiger partial charge in [-0.3, -0.25) is 4.79 Å². The highest BCUT2D eigenvalue weighted by atomic mass is 32.1. The maximum absolute atomic E-state index is 13.1. The van der Waals surface area contributed by atoms with Gasteiger partial charge in [0.15, 0.2) is 0 Å². The van der Waals surface area contributed by atoms with E-state index < -0.39 is 11.3 Å². The van der Waals surface area contributed by atoms with Gasteiger partial charge in [0.05, 0.1) is 11.1 Å². The van der Waals surface area contributed by atoms with E-state index in [1.54, 1.807) is 0 Å². The van der Waals surface area contributed by atoms with Gasteiger partial charge < -0.3 is 10.6 Å². The van der Waals surface area contributed by atoms with Crippen molar-refractivity contribution in [3.05, 3.63) is 41.6 Å². The number of para-hydroxylation sites is 1. The fourth-order valence-corrected chi connectivity index (χ4v) is 4.53. The number of rotatable bonds is 2. The summed E-state index contributed by atoms with van der Waals surface area (Å²) in [5.41, 5.74) is 1.78. The molecular weight excluding hydrogens is 318 g/mol. The molecule has 5 heteroatoms. The monoisotopic (exact) mass is 339 g/mol. The number of nitriles is 1. The number of thiocarbonyl (C=S) groups is 1. The average Bonchev–Trinajstić information content (AvgIpc) is 2.56. The van der Waals surface area contributed by atoms with Crippen LogP contribution in [-0.2, 0) is 4.79 Å². The summed E-state index contributed by atoms with van der Waals surface area (Å²) in [5, 5.41) is 15.8. The number of amides is 1. The molecule has 124 valence electrons. The maximum Gasteiger partial charge on any atom is 0.253 e. The molecule has 24 heavy (non-hydrogen) atoms. The zero-order chi connectivity index (χ0) is 17.2. The molecule has 1 heterocycles. The fraction of sp³-hybridized carbons (Fsp3) is 0.421. The molecule has 0 unspecified atom stereocenters. The Labute approximate surface area is 147 Å². The number of nitrogens with one attached hydrogen (secondary N) is 2. The third kappa shape index (κ3) is 2.83. The van der Waals surface area contributed by atoms with Crippen molar-refractivity contribution >= 4 is 28.8 Å². The number of benzene rings is 1. The second kappa shape index (κ2) is 6.74. The van der Waals surface area contributed by atoms with Crippen LogP contribution < -0.4 is 10.6 Å². The van der Waals surface area contributed by atoms with Gasteiger partial charge in [0.1, 0.15) is 5.92 Å². The van der Waals surface area contributed by atoms with Gasteiger partial charge in [0.25, 0.3) is 5.91 Å². The van der Waals surface area contributed by atoms with Gasteiger partial charge in [-0.25, -0.2) is 0 Å². The first-order valence-electron chi connectivity index (χ1n) is 8.37. The van der Waals surface area contributed by atoms with Crippen LogP contribution in [0.5, 0.6) is 0 Å². The van der Waals surface area contributed by atoms with Crippen molar-refractivity contribution in [2.45, 2.75) is 39.0 Å². The van der Waals surface area contributed by atoms with Crippen LogP contribution in [0.1, 0.15) is 39.0 Å². The Bertz CT molecular complexity index is 727. The van der Waals surface area contributed by atoms with Gasteiger partial charge in [-0.2, -0.15) is 5.26 Å². The molecule has 0 bridgehead atoms. The van der Waals surface area contributed by atoms with Crippen LogP contribution >= 0.6 is 12.2 Å². The molecule has 1 aromatic carbocycles. The van der Waals surface area contributed by atoms with Gasteiger partial charge in [-0.1, -0.05) is 49.7 Å². The summed E-state index contributed by atoms with van der Waals surface area (Å²) in [5.74, 6) is -0.566. The standard InChI is InChI=1S/C19H21N3OS/c1-13-16(17(23)22-14-8-4-2-5-9-14)19(10-6-3-7-11-19)15(12-20)18(24)21-13/h2,4-5,8-9,15H,3,6-7,10-11H2,1H3,(H,21,24)(H,22,23)/t15-/m1/s1. The second-order valence-electron chi connectivity index (χ2n) is 6.59. The molecule has 0 aromatic heterocycles. The number of allylic oxidation sites excluding steroid dienone is 1. The molecule has 1 spiro atoms. The Morgan fingerprint density at radius 2 is 1.96 bits per heavy atom. The summed E-state index contributed by atoms with van der Waals surface area (Å²) in [4.78, 5) is 13.6. The Balaban J connectivity index is 2.01. The first-order valence-corrected chi connectivity index (χ1v) is 8.77. The van der Waals surface area contributed by atoms with E-state index in [1.807, 2.05) is 37.3 Å². The third-order valence-corrected chi connectivity index (χ3v) is 5.47. The highest BCUT2D eigenvalue weighted by molar-refractivity contribution is 7.80. The fourth-order valence-electron chi connectivity index (χ4n) is 4.10. The summed E-state index contributed by atoms with van der Waals surface area (Å²) in [6, 6.07) is 11.8. The minimum absolute atomic E-state index is 0.129. The van der Waals surface area contributed by atoms with Crippen molar-refractivity contribution in [3.8, 4) is 6.07 Å². The van der Waals surface area contributed by atoms with Crippen molar-refractivity contribution < 1.29 is 4.79 Å². The van der Waals surface area contributed by atoms with E-state index in [4.69, 9.17) is 12.2 Å². The number of hydrogen-bond acceptors (Lipinski definition) is 3. The molecular formula is C19H21N3OS. The second-order valence-corrected chi connectivity index (χ2v) is 7.03. The topological polar surface area (TPSA) is 64.9 Å². The molecule has 1 aliphatic heterocycles. The summed E-state index contributed by atoms with van der Waals surface area (Å²) in [6.45, 7) is 1.89. The third-order valence-electron chi connectivity index (χ3n) is 5.13. The van der Waals surface area contributed by atoms with E-state index in [0.29, 0.717) is 10.6 Å². The SMILES string of the molecule is CC1=C(C(=O)Nc2ccccc2)C2(CCCCC2)[C@H](C#N)C(=S)N1. The Hall–Kier alpha value is -2.19. The quantitative estimate of drug-likeness (QED) is 0.802. The molecule has 2 N–H and O–H groups in total. The van der Waals surface area contributed by atoms with E-state index in [-0.39, 0.29) is 5.91 Å². The van der Waals surface area contributed by atoms with Crippen molar-refractivity contribution in [3.63, 3.8) is 0 Å². The minimum atomic E-state index is -0.460. The van der Waals surface area contributed by atoms with Crippen LogP contribution in [0, 0.1) is 22.7 Å². The van der Waals surface area contributed by atoms with E-state index in [2.05, 4.69) is 16.7 Å². The highest BCUT2D eigenvalue weighted by Gasteiger charge is 2.50. The highest BCUT2D eigenvalue weighted by Crippen LogP contribution is 2.51. The number of anilines is 1. The number of hydrogen-bond donors (Lipinski definition) is 2. The van der Waals surface area contributed by atoms with Crippen LogP contribution in [0.3, 0.4) is 0 Å². The van der Waals surface area contributed by atoms with Crippen LogP contribution in [0.2, 0.25) is 0 Å². The van der Waals surface area contributed by atoms with Crippen molar-refractivity contribution in [2.75, 3.05) is 5.32 Å². The lowest BCUT2D eigenvalue weighted by Gasteiger charge is -2.46. The molecule has 1 amide bonds. The van der Waals surface area contributed by atoms with E-state index in [1.165, 1.54) is 0 Å². The Morgan fingerprint density at radius 1 is 1.29 bits per heavy atom. The van der Waals surface area contributed by atoms with Gasteiger partial charge in [-0.15, -0.1) is 0 Å². The largest absolute Gasteiger partial charge is 0.352 e. The lowest BCUT2D eigenvalue weighted by molar-refractivity contribution is -0.114. The molecule has 1 atom stereocenters. The number of carbonyl (C=O) groups is 1.